The maximum Gasteiger partial charge on any atom is 0.253 e. The summed E-state index contributed by atoms with van der Waals surface area (Å²) in [4.78, 5) is 17.0. The highest BCUT2D eigenvalue weighted by molar-refractivity contribution is 5.94. The van der Waals surface area contributed by atoms with E-state index in [4.69, 9.17) is 4.42 Å². The molecule has 1 aliphatic rings. The van der Waals surface area contributed by atoms with Gasteiger partial charge in [0.1, 0.15) is 0 Å². The Morgan fingerprint density at radius 3 is 2.27 bits per heavy atom. The van der Waals surface area contributed by atoms with E-state index >= 15 is 0 Å². The molecule has 3 rings (SSSR count). The molecule has 0 unspecified atom stereocenters. The molecular weight excluding hydrogens is 328 g/mol. The van der Waals surface area contributed by atoms with Crippen molar-refractivity contribution in [3.8, 4) is 0 Å². The van der Waals surface area contributed by atoms with E-state index in [1.807, 2.05) is 24.0 Å². The van der Waals surface area contributed by atoms with Gasteiger partial charge < -0.3 is 9.32 Å². The number of hydrogen-bond acceptors (Lipinski definition) is 5. The topological polar surface area (TPSA) is 62.5 Å². The van der Waals surface area contributed by atoms with Gasteiger partial charge in [0.15, 0.2) is 0 Å². The fraction of sp³-hybridized carbons (Fsp3) is 0.550. The first kappa shape index (κ1) is 18.6. The van der Waals surface area contributed by atoms with Gasteiger partial charge >= 0.3 is 0 Å². The Morgan fingerprint density at radius 2 is 1.73 bits per heavy atom. The van der Waals surface area contributed by atoms with E-state index in [1.165, 1.54) is 5.56 Å². The number of amides is 1. The number of carbonyl (C=O) groups excluding carboxylic acids is 1. The number of carbonyl (C=O) groups is 1. The zero-order valence-corrected chi connectivity index (χ0v) is 16.1. The van der Waals surface area contributed by atoms with Crippen molar-refractivity contribution in [2.75, 3.05) is 26.2 Å². The monoisotopic (exact) mass is 356 g/mol. The minimum Gasteiger partial charge on any atom is -0.424 e. The molecule has 0 radical (unpaired) electrons. The van der Waals surface area contributed by atoms with Crippen LogP contribution in [0.3, 0.4) is 0 Å². The summed E-state index contributed by atoms with van der Waals surface area (Å²) in [6, 6.07) is 8.06. The minimum atomic E-state index is 0.0744. The van der Waals surface area contributed by atoms with Crippen LogP contribution in [0, 0.1) is 0 Å². The largest absolute Gasteiger partial charge is 0.424 e. The Morgan fingerprint density at radius 1 is 1.08 bits per heavy atom. The van der Waals surface area contributed by atoms with Gasteiger partial charge in [0.2, 0.25) is 11.8 Å². The Hall–Kier alpha value is -2.21. The predicted octanol–water partition coefficient (Wildman–Crippen LogP) is 3.27. The van der Waals surface area contributed by atoms with Crippen LogP contribution >= 0.6 is 0 Å². The fourth-order valence-electron chi connectivity index (χ4n) is 3.24. The van der Waals surface area contributed by atoms with Gasteiger partial charge in [-0.3, -0.25) is 9.69 Å². The van der Waals surface area contributed by atoms with Crippen molar-refractivity contribution >= 4 is 5.91 Å². The second-order valence-corrected chi connectivity index (χ2v) is 7.17. The molecule has 0 spiro atoms. The van der Waals surface area contributed by atoms with Gasteiger partial charge in [0.05, 0.1) is 6.04 Å². The molecule has 0 saturated carbocycles. The standard InChI is InChI=1S/C20H28N4O2/c1-5-18-21-22-19(26-18)15(4)23-10-12-24(13-11-23)20(25)17-8-6-16(7-9-17)14(2)3/h6-9,14-15H,5,10-13H2,1-4H3/t15-/m1/s1. The molecule has 6 heteroatoms. The summed E-state index contributed by atoms with van der Waals surface area (Å²) in [5.74, 6) is 1.91. The molecule has 1 amide bonds. The molecule has 2 aromatic rings. The van der Waals surface area contributed by atoms with Gasteiger partial charge in [-0.2, -0.15) is 0 Å². The normalized spacial score (nSPS) is 16.9. The molecule has 1 atom stereocenters. The first-order chi connectivity index (χ1) is 12.5. The third-order valence-corrected chi connectivity index (χ3v) is 5.12. The Labute approximate surface area is 155 Å². The molecule has 0 aliphatic carbocycles. The molecule has 140 valence electrons. The van der Waals surface area contributed by atoms with Crippen LogP contribution in [0.15, 0.2) is 28.7 Å². The maximum absolute atomic E-state index is 12.7. The zero-order valence-electron chi connectivity index (χ0n) is 16.1. The minimum absolute atomic E-state index is 0.0744. The van der Waals surface area contributed by atoms with Crippen molar-refractivity contribution in [1.29, 1.82) is 0 Å². The van der Waals surface area contributed by atoms with E-state index in [1.54, 1.807) is 0 Å². The van der Waals surface area contributed by atoms with Crippen LogP contribution in [0.4, 0.5) is 0 Å². The third kappa shape index (κ3) is 3.96. The molecule has 1 aromatic heterocycles. The lowest BCUT2D eigenvalue weighted by Gasteiger charge is -2.36. The zero-order chi connectivity index (χ0) is 18.7. The van der Waals surface area contributed by atoms with Crippen molar-refractivity contribution in [2.24, 2.45) is 0 Å². The first-order valence-corrected chi connectivity index (χ1v) is 9.45. The molecule has 0 bridgehead atoms. The summed E-state index contributed by atoms with van der Waals surface area (Å²) in [6.45, 7) is 11.4. The van der Waals surface area contributed by atoms with E-state index in [9.17, 15) is 4.79 Å². The van der Waals surface area contributed by atoms with Crippen molar-refractivity contribution in [1.82, 2.24) is 20.0 Å². The molecule has 26 heavy (non-hydrogen) atoms. The lowest BCUT2D eigenvalue weighted by Crippen LogP contribution is -2.49. The van der Waals surface area contributed by atoms with E-state index < -0.39 is 0 Å². The highest BCUT2D eigenvalue weighted by Gasteiger charge is 2.27. The average molecular weight is 356 g/mol. The smallest absolute Gasteiger partial charge is 0.253 e. The lowest BCUT2D eigenvalue weighted by atomic mass is 10.0. The number of hydrogen-bond donors (Lipinski definition) is 0. The van der Waals surface area contributed by atoms with Gasteiger partial charge in [-0.1, -0.05) is 32.9 Å². The summed E-state index contributed by atoms with van der Waals surface area (Å²) >= 11 is 0. The second kappa shape index (κ2) is 7.99. The molecule has 2 heterocycles. The number of aromatic nitrogens is 2. The van der Waals surface area contributed by atoms with Crippen LogP contribution in [0.1, 0.15) is 67.4 Å². The molecule has 1 fully saturated rings. The molecule has 6 nitrogen and oxygen atoms in total. The molecule has 1 saturated heterocycles. The summed E-state index contributed by atoms with van der Waals surface area (Å²) in [7, 11) is 0. The van der Waals surface area contributed by atoms with Crippen LogP contribution in [0.2, 0.25) is 0 Å². The van der Waals surface area contributed by atoms with Crippen LogP contribution < -0.4 is 0 Å². The highest BCUT2D eigenvalue weighted by Crippen LogP contribution is 2.22. The van der Waals surface area contributed by atoms with Crippen molar-refractivity contribution in [3.05, 3.63) is 47.2 Å². The van der Waals surface area contributed by atoms with Crippen LogP contribution in [0.25, 0.3) is 0 Å². The summed E-state index contributed by atoms with van der Waals surface area (Å²) in [5.41, 5.74) is 2.02. The van der Waals surface area contributed by atoms with Crippen molar-refractivity contribution in [2.45, 2.75) is 46.1 Å². The van der Waals surface area contributed by atoms with Gasteiger partial charge in [-0.15, -0.1) is 10.2 Å². The number of piperazine rings is 1. The van der Waals surface area contributed by atoms with Crippen LogP contribution in [0.5, 0.6) is 0 Å². The van der Waals surface area contributed by atoms with Gasteiger partial charge in [-0.25, -0.2) is 0 Å². The summed E-state index contributed by atoms with van der Waals surface area (Å²) in [5, 5.41) is 8.19. The first-order valence-electron chi connectivity index (χ1n) is 9.45. The Kier molecular flexibility index (Phi) is 5.71. The maximum atomic E-state index is 12.7. The molecular formula is C20H28N4O2. The molecule has 0 N–H and O–H groups in total. The van der Waals surface area contributed by atoms with E-state index in [2.05, 4.69) is 48.0 Å². The highest BCUT2D eigenvalue weighted by atomic mass is 16.4. The van der Waals surface area contributed by atoms with E-state index in [0.717, 1.165) is 25.1 Å². The van der Waals surface area contributed by atoms with Crippen molar-refractivity contribution in [3.63, 3.8) is 0 Å². The summed E-state index contributed by atoms with van der Waals surface area (Å²) < 4.78 is 5.68. The number of rotatable bonds is 5. The van der Waals surface area contributed by atoms with Gasteiger partial charge in [0.25, 0.3) is 5.91 Å². The Balaban J connectivity index is 1.58. The van der Waals surface area contributed by atoms with E-state index in [0.29, 0.717) is 30.8 Å². The molecule has 1 aliphatic heterocycles. The quantitative estimate of drug-likeness (QED) is 0.823. The van der Waals surface area contributed by atoms with Gasteiger partial charge in [-0.05, 0) is 30.5 Å². The molecule has 1 aromatic carbocycles. The average Bonchev–Trinajstić information content (AvgIpc) is 3.16. The van der Waals surface area contributed by atoms with Crippen LogP contribution in [-0.2, 0) is 6.42 Å². The number of nitrogens with zero attached hydrogens (tertiary/aromatic N) is 4. The number of aryl methyl sites for hydroxylation is 1. The van der Waals surface area contributed by atoms with Gasteiger partial charge in [0, 0.05) is 38.2 Å². The predicted molar refractivity (Wildman–Crippen MR) is 100 cm³/mol. The summed E-state index contributed by atoms with van der Waals surface area (Å²) in [6.07, 6.45) is 0.748. The van der Waals surface area contributed by atoms with E-state index in [-0.39, 0.29) is 11.9 Å². The third-order valence-electron chi connectivity index (χ3n) is 5.12. The fourth-order valence-corrected chi connectivity index (χ4v) is 3.24. The Bertz CT molecular complexity index is 731. The SMILES string of the molecule is CCc1nnc([C@@H](C)N2CCN(C(=O)c3ccc(C(C)C)cc3)CC2)o1. The lowest BCUT2D eigenvalue weighted by molar-refractivity contribution is 0.0557. The second-order valence-electron chi connectivity index (χ2n) is 7.17. The number of benzene rings is 1. The van der Waals surface area contributed by atoms with Crippen molar-refractivity contribution < 1.29 is 9.21 Å². The van der Waals surface area contributed by atoms with Crippen LogP contribution in [-0.4, -0.2) is 52.1 Å².